The first-order chi connectivity index (χ1) is 10.5. The van der Waals surface area contributed by atoms with Gasteiger partial charge in [-0.05, 0) is 29.8 Å². The van der Waals surface area contributed by atoms with Crippen LogP contribution < -0.4 is 5.32 Å². The number of carbonyl (C=O) groups is 1. The van der Waals surface area contributed by atoms with Crippen molar-refractivity contribution in [1.29, 1.82) is 0 Å². The number of phenolic OH excluding ortho intramolecular Hbond substituents is 1. The van der Waals surface area contributed by atoms with Gasteiger partial charge >= 0.3 is 0 Å². The first kappa shape index (κ1) is 15.9. The van der Waals surface area contributed by atoms with E-state index in [4.69, 9.17) is 5.11 Å². The number of halogens is 2. The zero-order valence-electron chi connectivity index (χ0n) is 11.6. The molecule has 0 aliphatic rings. The normalized spacial score (nSPS) is 12.0. The third-order valence-electron chi connectivity index (χ3n) is 3.13. The number of carbonyl (C=O) groups excluding carboxylic acids is 1. The number of amides is 1. The minimum Gasteiger partial charge on any atom is -0.508 e. The van der Waals surface area contributed by atoms with Crippen LogP contribution in [0.25, 0.3) is 0 Å². The summed E-state index contributed by atoms with van der Waals surface area (Å²) in [5, 5.41) is 21.4. The highest BCUT2D eigenvalue weighted by molar-refractivity contribution is 5.78. The lowest BCUT2D eigenvalue weighted by molar-refractivity contribution is -0.120. The number of hydrogen-bond donors (Lipinski definition) is 3. The maximum atomic E-state index is 13.5. The van der Waals surface area contributed by atoms with E-state index in [-0.39, 0.29) is 18.7 Å². The van der Waals surface area contributed by atoms with Gasteiger partial charge in [0.25, 0.3) is 0 Å². The monoisotopic (exact) mass is 307 g/mol. The zero-order valence-corrected chi connectivity index (χ0v) is 11.6. The van der Waals surface area contributed by atoms with Crippen LogP contribution in [0.2, 0.25) is 0 Å². The molecular formula is C16H15F2NO3. The summed E-state index contributed by atoms with van der Waals surface area (Å²) in [6, 6.07) is 9.35. The molecule has 3 N–H and O–H groups in total. The lowest BCUT2D eigenvalue weighted by Gasteiger charge is -2.14. The highest BCUT2D eigenvalue weighted by Crippen LogP contribution is 2.20. The second kappa shape index (κ2) is 7.00. The van der Waals surface area contributed by atoms with Crippen LogP contribution in [-0.2, 0) is 11.2 Å². The van der Waals surface area contributed by atoms with Crippen molar-refractivity contribution in [3.63, 3.8) is 0 Å². The first-order valence-corrected chi connectivity index (χ1v) is 6.64. The SMILES string of the molecule is O=C(Cc1ccc(O)cc1)NCC(O)c1c(F)cccc1F. The first-order valence-electron chi connectivity index (χ1n) is 6.64. The lowest BCUT2D eigenvalue weighted by Crippen LogP contribution is -2.30. The second-order valence-corrected chi connectivity index (χ2v) is 4.80. The van der Waals surface area contributed by atoms with Gasteiger partial charge in [-0.2, -0.15) is 0 Å². The van der Waals surface area contributed by atoms with Gasteiger partial charge in [0, 0.05) is 6.54 Å². The molecule has 0 aliphatic carbocycles. The molecule has 0 saturated heterocycles. The van der Waals surface area contributed by atoms with Crippen molar-refractivity contribution in [1.82, 2.24) is 5.32 Å². The predicted molar refractivity (Wildman–Crippen MR) is 76.1 cm³/mol. The molecule has 0 aliphatic heterocycles. The van der Waals surface area contributed by atoms with Crippen LogP contribution in [0.5, 0.6) is 5.75 Å². The average molecular weight is 307 g/mol. The Bertz CT molecular complexity index is 639. The van der Waals surface area contributed by atoms with Gasteiger partial charge in [-0.15, -0.1) is 0 Å². The van der Waals surface area contributed by atoms with Crippen molar-refractivity contribution < 1.29 is 23.8 Å². The van der Waals surface area contributed by atoms with E-state index in [0.29, 0.717) is 5.56 Å². The second-order valence-electron chi connectivity index (χ2n) is 4.80. The number of aliphatic hydroxyl groups is 1. The average Bonchev–Trinajstić information content (AvgIpc) is 2.47. The summed E-state index contributed by atoms with van der Waals surface area (Å²) in [6.07, 6.45) is -1.43. The molecule has 0 heterocycles. The van der Waals surface area contributed by atoms with Gasteiger partial charge in [0.05, 0.1) is 12.0 Å². The Kier molecular flexibility index (Phi) is 5.06. The van der Waals surface area contributed by atoms with Crippen molar-refractivity contribution in [3.05, 3.63) is 65.2 Å². The van der Waals surface area contributed by atoms with Crippen LogP contribution in [0.4, 0.5) is 8.78 Å². The number of phenols is 1. The molecular weight excluding hydrogens is 292 g/mol. The Labute approximate surface area is 126 Å². The largest absolute Gasteiger partial charge is 0.508 e. The summed E-state index contributed by atoms with van der Waals surface area (Å²) >= 11 is 0. The molecule has 4 nitrogen and oxygen atoms in total. The lowest BCUT2D eigenvalue weighted by atomic mass is 10.1. The van der Waals surface area contributed by atoms with Crippen LogP contribution in [0.1, 0.15) is 17.2 Å². The molecule has 0 aromatic heterocycles. The van der Waals surface area contributed by atoms with Gasteiger partial charge in [-0.3, -0.25) is 4.79 Å². The number of rotatable bonds is 5. The summed E-state index contributed by atoms with van der Waals surface area (Å²) in [5.41, 5.74) is 0.203. The highest BCUT2D eigenvalue weighted by atomic mass is 19.1. The summed E-state index contributed by atoms with van der Waals surface area (Å²) in [6.45, 7) is -0.297. The topological polar surface area (TPSA) is 69.6 Å². The van der Waals surface area contributed by atoms with Crippen molar-refractivity contribution in [3.8, 4) is 5.75 Å². The molecule has 1 amide bonds. The Morgan fingerprint density at radius 1 is 1.09 bits per heavy atom. The van der Waals surface area contributed by atoms with E-state index in [1.54, 1.807) is 12.1 Å². The van der Waals surface area contributed by atoms with Gasteiger partial charge < -0.3 is 15.5 Å². The Morgan fingerprint density at radius 3 is 2.27 bits per heavy atom. The Balaban J connectivity index is 1.92. The molecule has 6 heteroatoms. The molecule has 0 saturated carbocycles. The summed E-state index contributed by atoms with van der Waals surface area (Å²) in [4.78, 5) is 11.7. The van der Waals surface area contributed by atoms with Gasteiger partial charge in [0.1, 0.15) is 23.5 Å². The van der Waals surface area contributed by atoms with Crippen molar-refractivity contribution in [2.75, 3.05) is 6.54 Å². The standard InChI is InChI=1S/C16H15F2NO3/c17-12-2-1-3-13(18)16(12)14(21)9-19-15(22)8-10-4-6-11(20)7-5-10/h1-7,14,20-21H,8-9H2,(H,19,22). The molecule has 116 valence electrons. The van der Waals surface area contributed by atoms with Crippen molar-refractivity contribution in [2.45, 2.75) is 12.5 Å². The van der Waals surface area contributed by atoms with E-state index in [1.807, 2.05) is 0 Å². The van der Waals surface area contributed by atoms with E-state index in [9.17, 15) is 18.7 Å². The molecule has 2 aromatic carbocycles. The van der Waals surface area contributed by atoms with E-state index in [0.717, 1.165) is 12.1 Å². The van der Waals surface area contributed by atoms with Gasteiger partial charge in [0.15, 0.2) is 0 Å². The number of hydrogen-bond acceptors (Lipinski definition) is 3. The minimum absolute atomic E-state index is 0.0345. The maximum Gasteiger partial charge on any atom is 0.224 e. The summed E-state index contributed by atoms with van der Waals surface area (Å²) in [5.74, 6) is -2.03. The van der Waals surface area contributed by atoms with E-state index in [2.05, 4.69) is 5.32 Å². The van der Waals surface area contributed by atoms with E-state index >= 15 is 0 Å². The number of aliphatic hydroxyl groups excluding tert-OH is 1. The Hall–Kier alpha value is -2.47. The molecule has 22 heavy (non-hydrogen) atoms. The molecule has 0 bridgehead atoms. The van der Waals surface area contributed by atoms with Crippen LogP contribution in [0.15, 0.2) is 42.5 Å². The molecule has 1 unspecified atom stereocenters. The molecule has 0 radical (unpaired) electrons. The van der Waals surface area contributed by atoms with E-state index < -0.39 is 29.2 Å². The van der Waals surface area contributed by atoms with Gasteiger partial charge in [-0.25, -0.2) is 8.78 Å². The molecule has 0 fully saturated rings. The predicted octanol–water partition coefficient (Wildman–Crippen LogP) is 2.06. The Morgan fingerprint density at radius 2 is 1.68 bits per heavy atom. The fourth-order valence-corrected chi connectivity index (χ4v) is 2.00. The van der Waals surface area contributed by atoms with Crippen LogP contribution in [0.3, 0.4) is 0 Å². The molecule has 0 spiro atoms. The third-order valence-corrected chi connectivity index (χ3v) is 3.13. The van der Waals surface area contributed by atoms with Crippen LogP contribution in [0, 0.1) is 11.6 Å². The molecule has 1 atom stereocenters. The number of aromatic hydroxyl groups is 1. The number of nitrogens with one attached hydrogen (secondary N) is 1. The summed E-state index contributed by atoms with van der Waals surface area (Å²) < 4.78 is 26.9. The smallest absolute Gasteiger partial charge is 0.224 e. The van der Waals surface area contributed by atoms with Gasteiger partial charge in [-0.1, -0.05) is 18.2 Å². The zero-order chi connectivity index (χ0) is 16.1. The van der Waals surface area contributed by atoms with Crippen molar-refractivity contribution >= 4 is 5.91 Å². The van der Waals surface area contributed by atoms with E-state index in [1.165, 1.54) is 18.2 Å². The quantitative estimate of drug-likeness (QED) is 0.792. The van der Waals surface area contributed by atoms with Crippen LogP contribution >= 0.6 is 0 Å². The molecule has 2 rings (SSSR count). The fraction of sp³-hybridized carbons (Fsp3) is 0.188. The fourth-order valence-electron chi connectivity index (χ4n) is 2.00. The summed E-state index contributed by atoms with van der Waals surface area (Å²) in [7, 11) is 0. The maximum absolute atomic E-state index is 13.5. The minimum atomic E-state index is -1.47. The van der Waals surface area contributed by atoms with Crippen molar-refractivity contribution in [2.24, 2.45) is 0 Å². The third kappa shape index (κ3) is 4.02. The highest BCUT2D eigenvalue weighted by Gasteiger charge is 2.18. The number of benzene rings is 2. The van der Waals surface area contributed by atoms with Gasteiger partial charge in [0.2, 0.25) is 5.91 Å². The van der Waals surface area contributed by atoms with Crippen LogP contribution in [-0.4, -0.2) is 22.7 Å². The molecule has 2 aromatic rings.